The predicted octanol–water partition coefficient (Wildman–Crippen LogP) is 2.16. The van der Waals surface area contributed by atoms with Gasteiger partial charge in [0.2, 0.25) is 0 Å². The number of benzene rings is 1. The zero-order valence-corrected chi connectivity index (χ0v) is 14.9. The summed E-state index contributed by atoms with van der Waals surface area (Å²) < 4.78 is 15.7. The van der Waals surface area contributed by atoms with Gasteiger partial charge in [-0.15, -0.1) is 0 Å². The number of fused-ring (bicyclic) bond motifs is 1. The highest BCUT2D eigenvalue weighted by molar-refractivity contribution is 5.90. The molecule has 0 aromatic heterocycles. The van der Waals surface area contributed by atoms with E-state index in [1.165, 1.54) is 14.2 Å². The van der Waals surface area contributed by atoms with E-state index >= 15 is 0 Å². The fourth-order valence-corrected chi connectivity index (χ4v) is 3.96. The maximum absolute atomic E-state index is 12.0. The Balaban J connectivity index is 1.81. The van der Waals surface area contributed by atoms with Crippen LogP contribution in [0.15, 0.2) is 24.3 Å². The number of hydrogen-bond donors (Lipinski definition) is 0. The molecule has 0 spiro atoms. The van der Waals surface area contributed by atoms with Crippen LogP contribution in [0.4, 0.5) is 0 Å². The van der Waals surface area contributed by atoms with Crippen LogP contribution >= 0.6 is 0 Å². The molecule has 0 N–H and O–H groups in total. The molecule has 25 heavy (non-hydrogen) atoms. The van der Waals surface area contributed by atoms with Crippen LogP contribution in [0.3, 0.4) is 0 Å². The Morgan fingerprint density at radius 3 is 2.68 bits per heavy atom. The molecule has 4 atom stereocenters. The summed E-state index contributed by atoms with van der Waals surface area (Å²) in [5.41, 5.74) is 1.52. The highest BCUT2D eigenvalue weighted by Crippen LogP contribution is 2.36. The van der Waals surface area contributed by atoms with E-state index < -0.39 is 6.10 Å². The number of rotatable bonds is 4. The first-order valence-electron chi connectivity index (χ1n) is 8.70. The minimum Gasteiger partial charge on any atom is -0.467 e. The molecule has 0 unspecified atom stereocenters. The Morgan fingerprint density at radius 1 is 1.20 bits per heavy atom. The van der Waals surface area contributed by atoms with E-state index in [-0.39, 0.29) is 24.1 Å². The first kappa shape index (κ1) is 17.9. The van der Waals surface area contributed by atoms with Crippen molar-refractivity contribution in [2.45, 2.75) is 57.0 Å². The quantitative estimate of drug-likeness (QED) is 0.778. The van der Waals surface area contributed by atoms with Crippen LogP contribution in [0.5, 0.6) is 0 Å². The monoisotopic (exact) mass is 347 g/mol. The minimum atomic E-state index is -0.497. The molecule has 0 bridgehead atoms. The van der Waals surface area contributed by atoms with Gasteiger partial charge in [-0.1, -0.05) is 18.2 Å². The SMILES string of the molecule is COC(=O)c1ccccc1CN1[C@H](C)CC[C@@H]2O[C@@H](C(=O)OC)C[C@H]21. The lowest BCUT2D eigenvalue weighted by atomic mass is 9.91. The van der Waals surface area contributed by atoms with Crippen LogP contribution in [-0.2, 0) is 25.5 Å². The highest BCUT2D eigenvalue weighted by atomic mass is 16.6. The van der Waals surface area contributed by atoms with Gasteiger partial charge in [0.25, 0.3) is 0 Å². The maximum Gasteiger partial charge on any atom is 0.338 e. The van der Waals surface area contributed by atoms with E-state index in [1.54, 1.807) is 6.07 Å². The molecule has 2 heterocycles. The largest absolute Gasteiger partial charge is 0.467 e. The molecule has 2 saturated heterocycles. The summed E-state index contributed by atoms with van der Waals surface area (Å²) in [5.74, 6) is -0.635. The second-order valence-electron chi connectivity index (χ2n) is 6.74. The molecule has 0 aliphatic carbocycles. The first-order valence-corrected chi connectivity index (χ1v) is 8.70. The van der Waals surface area contributed by atoms with E-state index in [2.05, 4.69) is 11.8 Å². The summed E-state index contributed by atoms with van der Waals surface area (Å²) in [5, 5.41) is 0. The lowest BCUT2D eigenvalue weighted by Gasteiger charge is -2.41. The van der Waals surface area contributed by atoms with Gasteiger partial charge < -0.3 is 14.2 Å². The number of piperidine rings is 1. The molecular formula is C19H25NO5. The van der Waals surface area contributed by atoms with Crippen molar-refractivity contribution in [2.75, 3.05) is 14.2 Å². The molecule has 0 saturated carbocycles. The van der Waals surface area contributed by atoms with Crippen molar-refractivity contribution in [2.24, 2.45) is 0 Å². The molecule has 1 aromatic rings. The van der Waals surface area contributed by atoms with Crippen molar-refractivity contribution in [3.05, 3.63) is 35.4 Å². The average Bonchev–Trinajstić information content (AvgIpc) is 3.07. The second kappa shape index (κ2) is 7.54. The van der Waals surface area contributed by atoms with Crippen molar-refractivity contribution in [1.29, 1.82) is 0 Å². The third-order valence-electron chi connectivity index (χ3n) is 5.32. The van der Waals surface area contributed by atoms with E-state index in [4.69, 9.17) is 14.2 Å². The molecule has 3 rings (SSSR count). The summed E-state index contributed by atoms with van der Waals surface area (Å²) in [7, 11) is 2.78. The molecule has 0 radical (unpaired) electrons. The molecule has 6 nitrogen and oxygen atoms in total. The predicted molar refractivity (Wildman–Crippen MR) is 91.1 cm³/mol. The zero-order chi connectivity index (χ0) is 18.0. The molecule has 2 aliphatic rings. The Labute approximate surface area is 148 Å². The smallest absolute Gasteiger partial charge is 0.338 e. The number of methoxy groups -OCH3 is 2. The Kier molecular flexibility index (Phi) is 5.39. The number of likely N-dealkylation sites (tertiary alicyclic amines) is 1. The van der Waals surface area contributed by atoms with E-state index in [0.29, 0.717) is 24.6 Å². The standard InChI is InChI=1S/C19H25NO5/c1-12-8-9-16-15(10-17(25-16)19(22)24-3)20(12)11-13-6-4-5-7-14(13)18(21)23-2/h4-7,12,15-17H,8-11H2,1-3H3/t12-,15-,16+,17-/m1/s1. The summed E-state index contributed by atoms with van der Waals surface area (Å²) in [6.45, 7) is 2.81. The van der Waals surface area contributed by atoms with Crippen molar-refractivity contribution >= 4 is 11.9 Å². The van der Waals surface area contributed by atoms with Gasteiger partial charge in [-0.2, -0.15) is 0 Å². The topological polar surface area (TPSA) is 65.1 Å². The third kappa shape index (κ3) is 3.55. The number of hydrogen-bond acceptors (Lipinski definition) is 6. The summed E-state index contributed by atoms with van der Waals surface area (Å²) in [6, 6.07) is 8.01. The summed E-state index contributed by atoms with van der Waals surface area (Å²) in [6.07, 6.45) is 2.10. The molecular weight excluding hydrogens is 322 g/mol. The van der Waals surface area contributed by atoms with Crippen LogP contribution < -0.4 is 0 Å². The van der Waals surface area contributed by atoms with Gasteiger partial charge in [0, 0.05) is 25.0 Å². The van der Waals surface area contributed by atoms with Gasteiger partial charge >= 0.3 is 11.9 Å². The fraction of sp³-hybridized carbons (Fsp3) is 0.579. The molecule has 136 valence electrons. The normalized spacial score (nSPS) is 29.1. The highest BCUT2D eigenvalue weighted by Gasteiger charge is 2.46. The number of nitrogens with zero attached hydrogens (tertiary/aromatic N) is 1. The summed E-state index contributed by atoms with van der Waals surface area (Å²) in [4.78, 5) is 26.2. The number of carbonyl (C=O) groups excluding carboxylic acids is 2. The average molecular weight is 347 g/mol. The molecule has 2 fully saturated rings. The first-order chi connectivity index (χ1) is 12.0. The Hall–Kier alpha value is -1.92. The maximum atomic E-state index is 12.0. The Morgan fingerprint density at radius 2 is 1.96 bits per heavy atom. The van der Waals surface area contributed by atoms with Crippen LogP contribution in [0.1, 0.15) is 42.1 Å². The number of ether oxygens (including phenoxy) is 3. The van der Waals surface area contributed by atoms with Crippen LogP contribution in [0.2, 0.25) is 0 Å². The van der Waals surface area contributed by atoms with Gasteiger partial charge in [0.1, 0.15) is 0 Å². The van der Waals surface area contributed by atoms with E-state index in [1.807, 2.05) is 18.2 Å². The van der Waals surface area contributed by atoms with Crippen molar-refractivity contribution in [1.82, 2.24) is 4.90 Å². The van der Waals surface area contributed by atoms with Gasteiger partial charge in [-0.05, 0) is 31.4 Å². The lowest BCUT2D eigenvalue weighted by molar-refractivity contribution is -0.153. The lowest BCUT2D eigenvalue weighted by Crippen LogP contribution is -2.49. The second-order valence-corrected chi connectivity index (χ2v) is 6.74. The van der Waals surface area contributed by atoms with Gasteiger partial charge in [-0.25, -0.2) is 9.59 Å². The molecule has 0 amide bonds. The Bertz CT molecular complexity index is 646. The van der Waals surface area contributed by atoms with Crippen molar-refractivity contribution in [3.63, 3.8) is 0 Å². The van der Waals surface area contributed by atoms with Gasteiger partial charge in [-0.3, -0.25) is 4.90 Å². The van der Waals surface area contributed by atoms with Gasteiger partial charge in [0.05, 0.1) is 25.9 Å². The van der Waals surface area contributed by atoms with Crippen molar-refractivity contribution < 1.29 is 23.8 Å². The molecule has 2 aliphatic heterocycles. The number of esters is 2. The molecule has 6 heteroatoms. The van der Waals surface area contributed by atoms with Crippen LogP contribution in [0.25, 0.3) is 0 Å². The van der Waals surface area contributed by atoms with Crippen LogP contribution in [-0.4, -0.2) is 55.3 Å². The van der Waals surface area contributed by atoms with Gasteiger partial charge in [0.15, 0.2) is 6.10 Å². The van der Waals surface area contributed by atoms with Crippen LogP contribution in [0, 0.1) is 0 Å². The van der Waals surface area contributed by atoms with E-state index in [0.717, 1.165) is 18.4 Å². The zero-order valence-electron chi connectivity index (χ0n) is 14.9. The fourth-order valence-electron chi connectivity index (χ4n) is 3.96. The number of carbonyl (C=O) groups is 2. The van der Waals surface area contributed by atoms with E-state index in [9.17, 15) is 9.59 Å². The molecule has 1 aromatic carbocycles. The third-order valence-corrected chi connectivity index (χ3v) is 5.32. The van der Waals surface area contributed by atoms with Crippen molar-refractivity contribution in [3.8, 4) is 0 Å². The minimum absolute atomic E-state index is 0.0330. The summed E-state index contributed by atoms with van der Waals surface area (Å²) >= 11 is 0.